The van der Waals surface area contributed by atoms with Gasteiger partial charge in [-0.2, -0.15) is 0 Å². The van der Waals surface area contributed by atoms with E-state index in [0.29, 0.717) is 6.04 Å². The van der Waals surface area contributed by atoms with Crippen molar-refractivity contribution < 1.29 is 5.11 Å². The molecule has 2 aliphatic rings. The molecule has 2 rings (SSSR count). The number of aliphatic hydroxyl groups excluding tert-OH is 1. The largest absolute Gasteiger partial charge is 0.390 e. The highest BCUT2D eigenvalue weighted by atomic mass is 16.3. The summed E-state index contributed by atoms with van der Waals surface area (Å²) in [5, 5.41) is 9.08. The van der Waals surface area contributed by atoms with Crippen LogP contribution in [0.1, 0.15) is 12.8 Å². The molecule has 2 aliphatic heterocycles. The maximum atomic E-state index is 9.08. The van der Waals surface area contributed by atoms with Crippen molar-refractivity contribution in [2.45, 2.75) is 25.0 Å². The maximum absolute atomic E-state index is 9.08. The van der Waals surface area contributed by atoms with E-state index in [-0.39, 0.29) is 6.10 Å². The fraction of sp³-hybridized carbons (Fsp3) is 1.00. The Hall–Kier alpha value is -0.0800. The van der Waals surface area contributed by atoms with Crippen LogP contribution in [-0.4, -0.2) is 35.2 Å². The summed E-state index contributed by atoms with van der Waals surface area (Å²) in [5.74, 6) is 0. The molecule has 2 saturated heterocycles. The van der Waals surface area contributed by atoms with Crippen molar-refractivity contribution in [3.63, 3.8) is 0 Å². The lowest BCUT2D eigenvalue weighted by Gasteiger charge is -2.40. The molecular weight excluding hydrogens is 102 g/mol. The van der Waals surface area contributed by atoms with E-state index in [2.05, 4.69) is 4.90 Å². The number of rotatable bonds is 0. The summed E-state index contributed by atoms with van der Waals surface area (Å²) in [5.41, 5.74) is 0. The van der Waals surface area contributed by atoms with Gasteiger partial charge in [0.05, 0.1) is 6.10 Å². The van der Waals surface area contributed by atoms with Crippen molar-refractivity contribution >= 4 is 0 Å². The summed E-state index contributed by atoms with van der Waals surface area (Å²) in [6.45, 7) is 2.16. The van der Waals surface area contributed by atoms with Crippen LogP contribution in [0.4, 0.5) is 0 Å². The lowest BCUT2D eigenvalue weighted by Crippen LogP contribution is -2.56. The van der Waals surface area contributed by atoms with E-state index in [4.69, 9.17) is 5.11 Å². The Labute approximate surface area is 49.1 Å². The second-order valence-corrected chi connectivity index (χ2v) is 2.77. The second-order valence-electron chi connectivity index (χ2n) is 2.77. The molecular formula is C6H11NO. The number of aliphatic hydroxyl groups is 1. The first-order valence-electron chi connectivity index (χ1n) is 3.30. The van der Waals surface area contributed by atoms with E-state index < -0.39 is 0 Å². The Kier molecular flexibility index (Phi) is 0.866. The van der Waals surface area contributed by atoms with Crippen molar-refractivity contribution in [3.05, 3.63) is 0 Å². The fourth-order valence-corrected chi connectivity index (χ4v) is 1.74. The van der Waals surface area contributed by atoms with E-state index in [1.54, 1.807) is 0 Å². The van der Waals surface area contributed by atoms with Gasteiger partial charge in [0.1, 0.15) is 0 Å². The lowest BCUT2D eigenvalue weighted by molar-refractivity contribution is -0.0354. The second kappa shape index (κ2) is 1.45. The van der Waals surface area contributed by atoms with E-state index in [9.17, 15) is 0 Å². The highest BCUT2D eigenvalue weighted by Gasteiger charge is 2.40. The zero-order valence-electron chi connectivity index (χ0n) is 4.88. The number of nitrogens with zero attached hydrogens (tertiary/aromatic N) is 1. The summed E-state index contributed by atoms with van der Waals surface area (Å²) in [7, 11) is 0. The highest BCUT2D eigenvalue weighted by Crippen LogP contribution is 2.28. The third-order valence-corrected chi connectivity index (χ3v) is 2.28. The molecule has 0 aromatic carbocycles. The Morgan fingerprint density at radius 3 is 2.88 bits per heavy atom. The average molecular weight is 113 g/mol. The predicted molar refractivity (Wildman–Crippen MR) is 30.6 cm³/mol. The highest BCUT2D eigenvalue weighted by molar-refractivity contribution is 4.95. The molecule has 0 aromatic rings. The van der Waals surface area contributed by atoms with Crippen molar-refractivity contribution in [1.82, 2.24) is 4.90 Å². The molecule has 0 aliphatic carbocycles. The summed E-state index contributed by atoms with van der Waals surface area (Å²) < 4.78 is 0. The lowest BCUT2D eigenvalue weighted by atomic mass is 10.0. The molecule has 8 heavy (non-hydrogen) atoms. The van der Waals surface area contributed by atoms with Crippen LogP contribution < -0.4 is 0 Å². The standard InChI is InChI=1S/C6H11NO/c8-6-4-7-3-1-2-5(6)7/h5-6,8H,1-4H2. The average Bonchev–Trinajstić information content (AvgIpc) is 2.09. The number of hydrogen-bond acceptors (Lipinski definition) is 2. The molecule has 1 N–H and O–H groups in total. The number of fused-ring (bicyclic) bond motifs is 1. The van der Waals surface area contributed by atoms with Crippen LogP contribution in [0.25, 0.3) is 0 Å². The molecule has 2 atom stereocenters. The van der Waals surface area contributed by atoms with Gasteiger partial charge in [0.15, 0.2) is 0 Å². The van der Waals surface area contributed by atoms with Gasteiger partial charge in [-0.25, -0.2) is 0 Å². The van der Waals surface area contributed by atoms with Gasteiger partial charge in [-0.1, -0.05) is 0 Å². The Bertz CT molecular complexity index is 105. The molecule has 0 saturated carbocycles. The molecule has 2 heterocycles. The Balaban J connectivity index is 2.02. The summed E-state index contributed by atoms with van der Waals surface area (Å²) >= 11 is 0. The van der Waals surface area contributed by atoms with Crippen LogP contribution in [0, 0.1) is 0 Å². The van der Waals surface area contributed by atoms with E-state index in [1.807, 2.05) is 0 Å². The van der Waals surface area contributed by atoms with Crippen LogP contribution in [0.2, 0.25) is 0 Å². The quantitative estimate of drug-likeness (QED) is 0.471. The van der Waals surface area contributed by atoms with Crippen molar-refractivity contribution in [3.8, 4) is 0 Å². The fourth-order valence-electron chi connectivity index (χ4n) is 1.74. The van der Waals surface area contributed by atoms with Gasteiger partial charge in [0, 0.05) is 12.6 Å². The van der Waals surface area contributed by atoms with Gasteiger partial charge in [0.2, 0.25) is 0 Å². The first-order chi connectivity index (χ1) is 3.88. The van der Waals surface area contributed by atoms with Crippen LogP contribution >= 0.6 is 0 Å². The third kappa shape index (κ3) is 0.446. The van der Waals surface area contributed by atoms with Crippen LogP contribution in [-0.2, 0) is 0 Å². The molecule has 2 fully saturated rings. The van der Waals surface area contributed by atoms with Crippen LogP contribution in [0.5, 0.6) is 0 Å². The monoisotopic (exact) mass is 113 g/mol. The molecule has 2 heteroatoms. The summed E-state index contributed by atoms with van der Waals surface area (Å²) in [6.07, 6.45) is 2.53. The zero-order chi connectivity index (χ0) is 5.56. The zero-order valence-corrected chi connectivity index (χ0v) is 4.88. The van der Waals surface area contributed by atoms with Crippen LogP contribution in [0.15, 0.2) is 0 Å². The first-order valence-corrected chi connectivity index (χ1v) is 3.30. The van der Waals surface area contributed by atoms with Crippen molar-refractivity contribution in [2.75, 3.05) is 13.1 Å². The molecule has 0 bridgehead atoms. The molecule has 0 aromatic heterocycles. The Morgan fingerprint density at radius 2 is 2.38 bits per heavy atom. The molecule has 0 spiro atoms. The molecule has 2 nitrogen and oxygen atoms in total. The van der Waals surface area contributed by atoms with Gasteiger partial charge in [-0.15, -0.1) is 0 Å². The first kappa shape index (κ1) is 4.77. The summed E-state index contributed by atoms with van der Waals surface area (Å²) in [6, 6.07) is 0.551. The minimum atomic E-state index is 0.0116. The molecule has 0 amide bonds. The van der Waals surface area contributed by atoms with Gasteiger partial charge < -0.3 is 5.11 Å². The topological polar surface area (TPSA) is 23.5 Å². The van der Waals surface area contributed by atoms with E-state index in [0.717, 1.165) is 6.54 Å². The van der Waals surface area contributed by atoms with Gasteiger partial charge in [-0.3, -0.25) is 4.90 Å². The Morgan fingerprint density at radius 1 is 1.50 bits per heavy atom. The maximum Gasteiger partial charge on any atom is 0.0822 e. The van der Waals surface area contributed by atoms with E-state index >= 15 is 0 Å². The normalized spacial score (nSPS) is 46.1. The smallest absolute Gasteiger partial charge is 0.0822 e. The summed E-state index contributed by atoms with van der Waals surface area (Å²) in [4.78, 5) is 2.35. The minimum Gasteiger partial charge on any atom is -0.390 e. The van der Waals surface area contributed by atoms with Crippen molar-refractivity contribution in [2.24, 2.45) is 0 Å². The predicted octanol–water partition coefficient (Wildman–Crippen LogP) is -0.175. The third-order valence-electron chi connectivity index (χ3n) is 2.28. The van der Waals surface area contributed by atoms with Gasteiger partial charge in [-0.05, 0) is 19.4 Å². The number of hydrogen-bond donors (Lipinski definition) is 1. The van der Waals surface area contributed by atoms with E-state index in [1.165, 1.54) is 19.4 Å². The molecule has 2 unspecified atom stereocenters. The molecule has 46 valence electrons. The SMILES string of the molecule is OC1CN2CCCC12. The van der Waals surface area contributed by atoms with Crippen molar-refractivity contribution in [1.29, 1.82) is 0 Å². The van der Waals surface area contributed by atoms with Gasteiger partial charge in [0.25, 0.3) is 0 Å². The van der Waals surface area contributed by atoms with Crippen LogP contribution in [0.3, 0.4) is 0 Å². The minimum absolute atomic E-state index is 0.0116. The molecule has 0 radical (unpaired) electrons. The van der Waals surface area contributed by atoms with Gasteiger partial charge >= 0.3 is 0 Å².